The van der Waals surface area contributed by atoms with Gasteiger partial charge in [0.2, 0.25) is 0 Å². The van der Waals surface area contributed by atoms with E-state index in [0.717, 1.165) is 12.3 Å². The average Bonchev–Trinajstić information content (AvgIpc) is 2.27. The lowest BCUT2D eigenvalue weighted by Crippen LogP contribution is -2.18. The van der Waals surface area contributed by atoms with E-state index in [2.05, 4.69) is 25.2 Å². The van der Waals surface area contributed by atoms with Crippen molar-refractivity contribution < 1.29 is 9.84 Å². The van der Waals surface area contributed by atoms with Crippen molar-refractivity contribution in [3.8, 4) is 5.75 Å². The van der Waals surface area contributed by atoms with Crippen molar-refractivity contribution in [3.63, 3.8) is 0 Å². The second kappa shape index (κ2) is 6.51. The van der Waals surface area contributed by atoms with Crippen molar-refractivity contribution in [1.82, 2.24) is 5.32 Å². The maximum absolute atomic E-state index is 9.14. The number of aliphatic hydroxyl groups is 1. The third-order valence-corrected chi connectivity index (χ3v) is 2.36. The van der Waals surface area contributed by atoms with Crippen molar-refractivity contribution in [1.29, 1.82) is 0 Å². The fourth-order valence-corrected chi connectivity index (χ4v) is 1.51. The van der Waals surface area contributed by atoms with Crippen LogP contribution in [0.1, 0.15) is 32.4 Å². The summed E-state index contributed by atoms with van der Waals surface area (Å²) in [5.41, 5.74) is 1.20. The predicted molar refractivity (Wildman–Crippen MR) is 65.7 cm³/mol. The van der Waals surface area contributed by atoms with E-state index in [1.807, 2.05) is 18.2 Å². The molecule has 1 aromatic rings. The van der Waals surface area contributed by atoms with Gasteiger partial charge in [-0.2, -0.15) is 0 Å². The van der Waals surface area contributed by atoms with Crippen LogP contribution in [0.2, 0.25) is 0 Å². The van der Waals surface area contributed by atoms with E-state index in [9.17, 15) is 0 Å². The fourth-order valence-electron chi connectivity index (χ4n) is 1.51. The standard InChI is InChI=1S/C13H21NO2/c1-4-14-11(3)12-6-5-7-13(8-12)16-9-10(2)15/h5-8,10-11,14-15H,4,9H2,1-3H3. The topological polar surface area (TPSA) is 41.5 Å². The number of benzene rings is 1. The molecule has 0 amide bonds. The molecule has 2 N–H and O–H groups in total. The van der Waals surface area contributed by atoms with Crippen molar-refractivity contribution in [3.05, 3.63) is 29.8 Å². The van der Waals surface area contributed by atoms with Crippen LogP contribution in [-0.2, 0) is 0 Å². The van der Waals surface area contributed by atoms with Gasteiger partial charge in [-0.05, 0) is 38.1 Å². The minimum Gasteiger partial charge on any atom is -0.491 e. The van der Waals surface area contributed by atoms with Gasteiger partial charge in [0, 0.05) is 6.04 Å². The zero-order chi connectivity index (χ0) is 12.0. The second-order valence-electron chi connectivity index (χ2n) is 4.01. The van der Waals surface area contributed by atoms with Crippen LogP contribution in [0.4, 0.5) is 0 Å². The van der Waals surface area contributed by atoms with Gasteiger partial charge in [-0.25, -0.2) is 0 Å². The lowest BCUT2D eigenvalue weighted by Gasteiger charge is -2.14. The fraction of sp³-hybridized carbons (Fsp3) is 0.538. The number of rotatable bonds is 6. The molecular formula is C13H21NO2. The highest BCUT2D eigenvalue weighted by Crippen LogP contribution is 2.19. The molecule has 16 heavy (non-hydrogen) atoms. The van der Waals surface area contributed by atoms with Gasteiger partial charge in [0.25, 0.3) is 0 Å². The molecule has 1 rings (SSSR count). The number of ether oxygens (including phenoxy) is 1. The molecule has 90 valence electrons. The largest absolute Gasteiger partial charge is 0.491 e. The first kappa shape index (κ1) is 13.0. The molecule has 0 saturated heterocycles. The molecule has 0 fully saturated rings. The molecule has 0 aromatic heterocycles. The van der Waals surface area contributed by atoms with Crippen molar-refractivity contribution >= 4 is 0 Å². The summed E-state index contributed by atoms with van der Waals surface area (Å²) in [4.78, 5) is 0. The highest BCUT2D eigenvalue weighted by atomic mass is 16.5. The van der Waals surface area contributed by atoms with Crippen LogP contribution in [0.15, 0.2) is 24.3 Å². The molecule has 1 aromatic carbocycles. The Kier molecular flexibility index (Phi) is 5.29. The van der Waals surface area contributed by atoms with Crippen molar-refractivity contribution in [2.45, 2.75) is 32.9 Å². The summed E-state index contributed by atoms with van der Waals surface area (Å²) < 4.78 is 5.46. The van der Waals surface area contributed by atoms with E-state index in [1.54, 1.807) is 6.92 Å². The van der Waals surface area contributed by atoms with Crippen LogP contribution in [0.5, 0.6) is 5.75 Å². The molecule has 0 bridgehead atoms. The summed E-state index contributed by atoms with van der Waals surface area (Å²) in [7, 11) is 0. The summed E-state index contributed by atoms with van der Waals surface area (Å²) in [6.45, 7) is 7.20. The maximum Gasteiger partial charge on any atom is 0.119 e. The summed E-state index contributed by atoms with van der Waals surface area (Å²) in [5, 5.41) is 12.5. The molecule has 3 nitrogen and oxygen atoms in total. The van der Waals surface area contributed by atoms with Gasteiger partial charge in [0.1, 0.15) is 12.4 Å². The first-order valence-electron chi connectivity index (χ1n) is 5.77. The Balaban J connectivity index is 2.63. The molecule has 0 radical (unpaired) electrons. The Bertz CT molecular complexity index is 313. The van der Waals surface area contributed by atoms with Crippen LogP contribution in [-0.4, -0.2) is 24.4 Å². The molecule has 0 aliphatic rings. The number of hydrogen-bond donors (Lipinski definition) is 2. The Labute approximate surface area is 97.4 Å². The van der Waals surface area contributed by atoms with Crippen LogP contribution in [0.25, 0.3) is 0 Å². The molecule has 0 spiro atoms. The van der Waals surface area contributed by atoms with Gasteiger partial charge in [-0.1, -0.05) is 19.1 Å². The van der Waals surface area contributed by atoms with Gasteiger partial charge in [0.05, 0.1) is 6.10 Å². The van der Waals surface area contributed by atoms with E-state index in [4.69, 9.17) is 9.84 Å². The minimum atomic E-state index is -0.435. The van der Waals surface area contributed by atoms with Gasteiger partial charge < -0.3 is 15.2 Å². The molecule has 0 saturated carbocycles. The zero-order valence-corrected chi connectivity index (χ0v) is 10.2. The lowest BCUT2D eigenvalue weighted by molar-refractivity contribution is 0.122. The molecule has 0 heterocycles. The number of aliphatic hydroxyl groups excluding tert-OH is 1. The first-order valence-corrected chi connectivity index (χ1v) is 5.77. The van der Waals surface area contributed by atoms with E-state index in [0.29, 0.717) is 12.6 Å². The second-order valence-corrected chi connectivity index (χ2v) is 4.01. The van der Waals surface area contributed by atoms with Crippen molar-refractivity contribution in [2.24, 2.45) is 0 Å². The van der Waals surface area contributed by atoms with Crippen LogP contribution in [0.3, 0.4) is 0 Å². The molecule has 2 unspecified atom stereocenters. The van der Waals surface area contributed by atoms with Gasteiger partial charge >= 0.3 is 0 Å². The summed E-state index contributed by atoms with van der Waals surface area (Å²) in [6, 6.07) is 8.28. The molecule has 3 heteroatoms. The Morgan fingerprint density at radius 2 is 2.12 bits per heavy atom. The monoisotopic (exact) mass is 223 g/mol. The smallest absolute Gasteiger partial charge is 0.119 e. The molecule has 2 atom stereocenters. The van der Waals surface area contributed by atoms with Gasteiger partial charge in [-0.3, -0.25) is 0 Å². The Morgan fingerprint density at radius 3 is 2.75 bits per heavy atom. The van der Waals surface area contributed by atoms with Crippen LogP contribution < -0.4 is 10.1 Å². The SMILES string of the molecule is CCNC(C)c1cccc(OCC(C)O)c1. The average molecular weight is 223 g/mol. The third kappa shape index (κ3) is 4.21. The quantitative estimate of drug-likeness (QED) is 0.776. The number of nitrogens with one attached hydrogen (secondary N) is 1. The van der Waals surface area contributed by atoms with E-state index >= 15 is 0 Å². The normalized spacial score (nSPS) is 14.5. The lowest BCUT2D eigenvalue weighted by atomic mass is 10.1. The summed E-state index contributed by atoms with van der Waals surface area (Å²) in [5.74, 6) is 0.808. The molecule has 0 aliphatic carbocycles. The van der Waals surface area contributed by atoms with Gasteiger partial charge in [0.15, 0.2) is 0 Å². The number of hydrogen-bond acceptors (Lipinski definition) is 3. The van der Waals surface area contributed by atoms with E-state index in [1.165, 1.54) is 5.56 Å². The van der Waals surface area contributed by atoms with Crippen LogP contribution in [0, 0.1) is 0 Å². The highest BCUT2D eigenvalue weighted by Gasteiger charge is 2.05. The molecule has 0 aliphatic heterocycles. The zero-order valence-electron chi connectivity index (χ0n) is 10.2. The predicted octanol–water partition coefficient (Wildman–Crippen LogP) is 2.12. The maximum atomic E-state index is 9.14. The van der Waals surface area contributed by atoms with Gasteiger partial charge in [-0.15, -0.1) is 0 Å². The minimum absolute atomic E-state index is 0.320. The first-order chi connectivity index (χ1) is 7.63. The summed E-state index contributed by atoms with van der Waals surface area (Å²) >= 11 is 0. The van der Waals surface area contributed by atoms with E-state index in [-0.39, 0.29) is 0 Å². The highest BCUT2D eigenvalue weighted by molar-refractivity contribution is 5.30. The Hall–Kier alpha value is -1.06. The molecular weight excluding hydrogens is 202 g/mol. The van der Waals surface area contributed by atoms with E-state index < -0.39 is 6.10 Å². The van der Waals surface area contributed by atoms with Crippen molar-refractivity contribution in [2.75, 3.05) is 13.2 Å². The summed E-state index contributed by atoms with van der Waals surface area (Å²) in [6.07, 6.45) is -0.435. The third-order valence-electron chi connectivity index (χ3n) is 2.36. The Morgan fingerprint density at radius 1 is 1.38 bits per heavy atom. The van der Waals surface area contributed by atoms with Crippen LogP contribution >= 0.6 is 0 Å².